The minimum Gasteiger partial charge on any atom is -0.395 e. The van der Waals surface area contributed by atoms with Crippen LogP contribution >= 0.6 is 24.0 Å². The van der Waals surface area contributed by atoms with Gasteiger partial charge in [-0.25, -0.2) is 0 Å². The second-order valence-electron chi connectivity index (χ2n) is 7.83. The summed E-state index contributed by atoms with van der Waals surface area (Å²) < 4.78 is 0.391. The molecule has 0 spiro atoms. The number of nitrogens with zero attached hydrogens (tertiary/aromatic N) is 4. The third kappa shape index (κ3) is 6.10. The van der Waals surface area contributed by atoms with Gasteiger partial charge in [0.1, 0.15) is 10.4 Å². The van der Waals surface area contributed by atoms with Crippen LogP contribution in [0.15, 0.2) is 48.5 Å². The zero-order valence-corrected chi connectivity index (χ0v) is 19.9. The molecule has 3 rings (SSSR count). The molecule has 0 radical (unpaired) electrons. The van der Waals surface area contributed by atoms with Crippen LogP contribution < -0.4 is 0 Å². The van der Waals surface area contributed by atoms with E-state index in [0.29, 0.717) is 21.3 Å². The van der Waals surface area contributed by atoms with Gasteiger partial charge in [-0.1, -0.05) is 24.0 Å². The van der Waals surface area contributed by atoms with Crippen LogP contribution in [-0.4, -0.2) is 82.2 Å². The Labute approximate surface area is 209 Å². The lowest BCUT2D eigenvalue weighted by molar-refractivity contribution is -0.385. The molecule has 14 heteroatoms. The van der Waals surface area contributed by atoms with Crippen molar-refractivity contribution in [2.24, 2.45) is 0 Å². The Morgan fingerprint density at radius 2 is 1.29 bits per heavy atom. The summed E-state index contributed by atoms with van der Waals surface area (Å²) in [6.45, 7) is -0.855. The van der Waals surface area contributed by atoms with Gasteiger partial charge in [0.05, 0.1) is 53.8 Å². The predicted molar refractivity (Wildman–Crippen MR) is 131 cm³/mol. The Bertz CT molecular complexity index is 1060. The van der Waals surface area contributed by atoms with E-state index in [9.17, 15) is 40.7 Å². The largest absolute Gasteiger partial charge is 0.395 e. The number of thiocarbonyl (C=S) groups is 1. The molecule has 4 N–H and O–H groups in total. The normalized spacial score (nSPS) is 18.1. The van der Waals surface area contributed by atoms with E-state index < -0.39 is 47.4 Å². The Kier molecular flexibility index (Phi) is 9.07. The lowest BCUT2D eigenvalue weighted by Crippen LogP contribution is -2.56. The zero-order valence-electron chi connectivity index (χ0n) is 18.3. The van der Waals surface area contributed by atoms with Crippen LogP contribution in [0.3, 0.4) is 0 Å². The first-order chi connectivity index (χ1) is 16.7. The maximum atomic E-state index is 10.9. The van der Waals surface area contributed by atoms with Crippen molar-refractivity contribution in [3.05, 3.63) is 79.9 Å². The molecule has 188 valence electrons. The van der Waals surface area contributed by atoms with E-state index in [1.54, 1.807) is 9.80 Å². The van der Waals surface area contributed by atoms with Gasteiger partial charge >= 0.3 is 0 Å². The highest BCUT2D eigenvalue weighted by Gasteiger charge is 2.37. The molecule has 12 nitrogen and oxygen atoms in total. The molecule has 1 saturated heterocycles. The highest BCUT2D eigenvalue weighted by molar-refractivity contribution is 8.22. The molecular formula is C21H24N4O8S2. The van der Waals surface area contributed by atoms with Crippen LogP contribution in [0.25, 0.3) is 0 Å². The van der Waals surface area contributed by atoms with Crippen molar-refractivity contribution in [2.45, 2.75) is 24.3 Å². The smallest absolute Gasteiger partial charge is 0.269 e. The van der Waals surface area contributed by atoms with Gasteiger partial charge in [-0.2, -0.15) is 0 Å². The van der Waals surface area contributed by atoms with Gasteiger partial charge in [0.15, 0.2) is 0 Å². The van der Waals surface area contributed by atoms with Crippen molar-refractivity contribution in [3.8, 4) is 0 Å². The number of nitro groups is 2. The topological polar surface area (TPSA) is 174 Å². The molecule has 2 unspecified atom stereocenters. The average molecular weight is 525 g/mol. The monoisotopic (exact) mass is 524 g/mol. The standard InChI is InChI=1S/C21H24N4O8S2/c26-9-17(19(28)13-1-5-15(6-2-13)24(30)31)22-11-23(21(34)35-12-22)18(10-27)20(29)14-3-7-16(8-4-14)25(32)33/h1-8,17-20,26-29H,9-12H2/t17?,18?,19-,20-/m0/s1. The zero-order chi connectivity index (χ0) is 25.7. The van der Waals surface area contributed by atoms with Crippen molar-refractivity contribution < 1.29 is 30.3 Å². The van der Waals surface area contributed by atoms with Gasteiger partial charge < -0.3 is 25.3 Å². The van der Waals surface area contributed by atoms with Crippen LogP contribution in [0.5, 0.6) is 0 Å². The molecule has 0 aliphatic carbocycles. The third-order valence-electron chi connectivity index (χ3n) is 5.79. The Hall–Kier alpha value is -2.72. The molecule has 2 aromatic rings. The lowest BCUT2D eigenvalue weighted by atomic mass is 10.0. The number of nitro benzene ring substituents is 2. The number of hydrogen-bond donors (Lipinski definition) is 4. The maximum Gasteiger partial charge on any atom is 0.269 e. The summed E-state index contributed by atoms with van der Waals surface area (Å²) in [5, 5.41) is 63.7. The van der Waals surface area contributed by atoms with Crippen molar-refractivity contribution in [2.75, 3.05) is 25.8 Å². The number of aliphatic hydroxyl groups is 4. The molecule has 35 heavy (non-hydrogen) atoms. The van der Waals surface area contributed by atoms with Crippen LogP contribution in [0.2, 0.25) is 0 Å². The number of benzene rings is 2. The van der Waals surface area contributed by atoms with E-state index in [2.05, 4.69) is 0 Å². The van der Waals surface area contributed by atoms with Crippen LogP contribution in [0.4, 0.5) is 11.4 Å². The summed E-state index contributed by atoms with van der Waals surface area (Å²) >= 11 is 6.65. The molecule has 0 saturated carbocycles. The van der Waals surface area contributed by atoms with E-state index in [4.69, 9.17) is 12.2 Å². The van der Waals surface area contributed by atoms with Crippen molar-refractivity contribution in [1.82, 2.24) is 9.80 Å². The first-order valence-corrected chi connectivity index (χ1v) is 11.8. The number of non-ortho nitro benzene ring substituents is 2. The summed E-state index contributed by atoms with van der Waals surface area (Å²) in [6, 6.07) is 8.98. The van der Waals surface area contributed by atoms with Crippen molar-refractivity contribution in [1.29, 1.82) is 0 Å². The molecule has 0 aromatic heterocycles. The fourth-order valence-electron chi connectivity index (χ4n) is 3.77. The fourth-order valence-corrected chi connectivity index (χ4v) is 5.03. The second kappa shape index (κ2) is 11.8. The van der Waals surface area contributed by atoms with Gasteiger partial charge in [0.25, 0.3) is 11.4 Å². The van der Waals surface area contributed by atoms with Gasteiger partial charge in [0.2, 0.25) is 0 Å². The number of hydrogen-bond acceptors (Lipinski definition) is 11. The average Bonchev–Trinajstić information content (AvgIpc) is 2.86. The maximum absolute atomic E-state index is 10.9. The Morgan fingerprint density at radius 3 is 1.69 bits per heavy atom. The van der Waals surface area contributed by atoms with E-state index in [1.807, 2.05) is 0 Å². The molecule has 1 aliphatic rings. The molecule has 1 fully saturated rings. The molecule has 0 amide bonds. The quantitative estimate of drug-likeness (QED) is 0.201. The van der Waals surface area contributed by atoms with E-state index in [-0.39, 0.29) is 18.0 Å². The van der Waals surface area contributed by atoms with Crippen molar-refractivity contribution in [3.63, 3.8) is 0 Å². The van der Waals surface area contributed by atoms with E-state index in [1.165, 1.54) is 60.3 Å². The lowest BCUT2D eigenvalue weighted by Gasteiger charge is -2.45. The van der Waals surface area contributed by atoms with Crippen LogP contribution in [-0.2, 0) is 0 Å². The highest BCUT2D eigenvalue weighted by Crippen LogP contribution is 2.32. The van der Waals surface area contributed by atoms with Gasteiger partial charge in [-0.05, 0) is 35.4 Å². The summed E-state index contributed by atoms with van der Waals surface area (Å²) in [6.07, 6.45) is -2.41. The van der Waals surface area contributed by atoms with Crippen LogP contribution in [0.1, 0.15) is 23.3 Å². The SMILES string of the molecule is O=[N+]([O-])c1ccc([C@H](O)C(CO)N2CSC(=S)N(C(CO)[C@@H](O)c3ccc([N+](=O)[O-])cc3)C2)cc1. The molecular weight excluding hydrogens is 500 g/mol. The Balaban J connectivity index is 1.78. The first kappa shape index (κ1) is 26.9. The number of aliphatic hydroxyl groups excluding tert-OH is 4. The minimum atomic E-state index is -1.23. The van der Waals surface area contributed by atoms with E-state index in [0.717, 1.165) is 0 Å². The molecule has 0 bridgehead atoms. The highest BCUT2D eigenvalue weighted by atomic mass is 32.2. The van der Waals surface area contributed by atoms with Gasteiger partial charge in [0, 0.05) is 24.3 Å². The first-order valence-electron chi connectivity index (χ1n) is 10.4. The van der Waals surface area contributed by atoms with Crippen LogP contribution in [0, 0.1) is 20.2 Å². The fraction of sp³-hybridized carbons (Fsp3) is 0.381. The summed E-state index contributed by atoms with van der Waals surface area (Å²) in [5.74, 6) is 0.316. The van der Waals surface area contributed by atoms with E-state index >= 15 is 0 Å². The summed E-state index contributed by atoms with van der Waals surface area (Å²) in [5.41, 5.74) is 0.466. The van der Waals surface area contributed by atoms with Crippen molar-refractivity contribution >= 4 is 39.7 Å². The molecule has 4 atom stereocenters. The number of rotatable bonds is 10. The molecule has 1 aliphatic heterocycles. The van der Waals surface area contributed by atoms with Gasteiger partial charge in [-0.3, -0.25) is 25.1 Å². The molecule has 1 heterocycles. The van der Waals surface area contributed by atoms with Gasteiger partial charge in [-0.15, -0.1) is 0 Å². The predicted octanol–water partition coefficient (Wildman–Crippen LogP) is 1.54. The Morgan fingerprint density at radius 1 is 0.857 bits per heavy atom. The molecule has 2 aromatic carbocycles. The summed E-state index contributed by atoms with van der Waals surface area (Å²) in [7, 11) is 0. The summed E-state index contributed by atoms with van der Waals surface area (Å²) in [4.78, 5) is 24.0. The third-order valence-corrected chi connectivity index (χ3v) is 7.32. The minimum absolute atomic E-state index is 0.0658. The number of thioether (sulfide) groups is 1. The second-order valence-corrected chi connectivity index (χ2v) is 9.40.